The summed E-state index contributed by atoms with van der Waals surface area (Å²) in [6.45, 7) is 5.49. The average Bonchev–Trinajstić information content (AvgIpc) is 2.49. The molecule has 118 valence electrons. The van der Waals surface area contributed by atoms with E-state index in [0.29, 0.717) is 25.2 Å². The number of hydrogen-bond donors (Lipinski definition) is 1. The Morgan fingerprint density at radius 3 is 2.29 bits per heavy atom. The summed E-state index contributed by atoms with van der Waals surface area (Å²) in [6.07, 6.45) is 3.26. The first-order valence-electron chi connectivity index (χ1n) is 7.81. The van der Waals surface area contributed by atoms with Gasteiger partial charge in [0.1, 0.15) is 24.2 Å². The van der Waals surface area contributed by atoms with Crippen LogP contribution in [0, 0.1) is 0 Å². The van der Waals surface area contributed by atoms with E-state index in [1.54, 1.807) is 7.11 Å². The molecule has 0 unspecified atom stereocenters. The first-order chi connectivity index (χ1) is 10.1. The SMILES string of the molecule is COc1ccc(OC[C@@H](O)CN2[C@H](C)CCC[C@H]2C)cc1. The molecule has 1 aliphatic rings. The molecule has 1 saturated heterocycles. The minimum Gasteiger partial charge on any atom is -0.497 e. The second kappa shape index (κ2) is 7.66. The van der Waals surface area contributed by atoms with E-state index in [4.69, 9.17) is 9.47 Å². The molecule has 1 heterocycles. The van der Waals surface area contributed by atoms with Crippen LogP contribution in [0.2, 0.25) is 0 Å². The average molecular weight is 293 g/mol. The van der Waals surface area contributed by atoms with E-state index in [-0.39, 0.29) is 0 Å². The Balaban J connectivity index is 1.79. The molecule has 0 saturated carbocycles. The van der Waals surface area contributed by atoms with Crippen LogP contribution in [-0.4, -0.2) is 48.5 Å². The fourth-order valence-electron chi connectivity index (χ4n) is 3.00. The third-order valence-corrected chi connectivity index (χ3v) is 4.30. The number of aliphatic hydroxyl groups excluding tert-OH is 1. The largest absolute Gasteiger partial charge is 0.497 e. The molecule has 0 amide bonds. The van der Waals surface area contributed by atoms with Crippen LogP contribution in [-0.2, 0) is 0 Å². The molecule has 0 spiro atoms. The number of β-amino-alcohol motifs (C(OH)–C–C–N with tert-alkyl or cyclic N) is 1. The van der Waals surface area contributed by atoms with Crippen molar-refractivity contribution in [2.24, 2.45) is 0 Å². The van der Waals surface area contributed by atoms with Crippen LogP contribution in [0.1, 0.15) is 33.1 Å². The summed E-state index contributed by atoms with van der Waals surface area (Å²) in [4.78, 5) is 2.39. The highest BCUT2D eigenvalue weighted by atomic mass is 16.5. The lowest BCUT2D eigenvalue weighted by atomic mass is 9.97. The van der Waals surface area contributed by atoms with Crippen LogP contribution in [0.25, 0.3) is 0 Å². The predicted octanol–water partition coefficient (Wildman–Crippen LogP) is 2.70. The number of likely N-dealkylation sites (tertiary alicyclic amines) is 1. The fraction of sp³-hybridized carbons (Fsp3) is 0.647. The summed E-state index contributed by atoms with van der Waals surface area (Å²) in [6, 6.07) is 8.52. The van der Waals surface area contributed by atoms with Gasteiger partial charge >= 0.3 is 0 Å². The van der Waals surface area contributed by atoms with Gasteiger partial charge in [0.15, 0.2) is 0 Å². The quantitative estimate of drug-likeness (QED) is 0.875. The predicted molar refractivity (Wildman–Crippen MR) is 84.0 cm³/mol. The van der Waals surface area contributed by atoms with Gasteiger partial charge in [-0.1, -0.05) is 6.42 Å². The highest BCUT2D eigenvalue weighted by Gasteiger charge is 2.26. The second-order valence-electron chi connectivity index (χ2n) is 5.97. The van der Waals surface area contributed by atoms with E-state index in [1.807, 2.05) is 24.3 Å². The molecule has 1 aromatic rings. The smallest absolute Gasteiger partial charge is 0.119 e. The van der Waals surface area contributed by atoms with Gasteiger partial charge in [-0.05, 0) is 51.0 Å². The molecule has 21 heavy (non-hydrogen) atoms. The Hall–Kier alpha value is -1.26. The summed E-state index contributed by atoms with van der Waals surface area (Å²) in [5.74, 6) is 1.56. The van der Waals surface area contributed by atoms with Gasteiger partial charge in [0.05, 0.1) is 7.11 Å². The molecule has 1 aromatic carbocycles. The van der Waals surface area contributed by atoms with Crippen LogP contribution in [0.5, 0.6) is 11.5 Å². The van der Waals surface area contributed by atoms with Crippen LogP contribution in [0.4, 0.5) is 0 Å². The van der Waals surface area contributed by atoms with E-state index < -0.39 is 6.10 Å². The highest BCUT2D eigenvalue weighted by Crippen LogP contribution is 2.23. The Morgan fingerprint density at radius 2 is 1.71 bits per heavy atom. The van der Waals surface area contributed by atoms with Crippen molar-refractivity contribution in [3.8, 4) is 11.5 Å². The molecule has 4 nitrogen and oxygen atoms in total. The number of ether oxygens (including phenoxy) is 2. The van der Waals surface area contributed by atoms with E-state index in [0.717, 1.165) is 11.5 Å². The minimum atomic E-state index is -0.463. The Bertz CT molecular complexity index is 411. The van der Waals surface area contributed by atoms with Crippen molar-refractivity contribution in [3.63, 3.8) is 0 Å². The van der Waals surface area contributed by atoms with Crippen molar-refractivity contribution < 1.29 is 14.6 Å². The van der Waals surface area contributed by atoms with Crippen molar-refractivity contribution in [1.82, 2.24) is 4.90 Å². The minimum absolute atomic E-state index is 0.322. The zero-order chi connectivity index (χ0) is 15.2. The van der Waals surface area contributed by atoms with Gasteiger partial charge in [-0.25, -0.2) is 0 Å². The van der Waals surface area contributed by atoms with Crippen LogP contribution >= 0.6 is 0 Å². The normalized spacial score (nSPS) is 24.6. The number of nitrogens with zero attached hydrogens (tertiary/aromatic N) is 1. The maximum Gasteiger partial charge on any atom is 0.119 e. The Labute approximate surface area is 127 Å². The molecule has 1 aliphatic heterocycles. The molecule has 4 heteroatoms. The number of hydrogen-bond acceptors (Lipinski definition) is 4. The third-order valence-electron chi connectivity index (χ3n) is 4.30. The summed E-state index contributed by atoms with van der Waals surface area (Å²) in [5, 5.41) is 10.2. The van der Waals surface area contributed by atoms with Crippen molar-refractivity contribution >= 4 is 0 Å². The van der Waals surface area contributed by atoms with Crippen LogP contribution in [0.15, 0.2) is 24.3 Å². The van der Waals surface area contributed by atoms with Crippen molar-refractivity contribution in [2.75, 3.05) is 20.3 Å². The maximum atomic E-state index is 10.2. The monoisotopic (exact) mass is 293 g/mol. The lowest BCUT2D eigenvalue weighted by molar-refractivity contribution is 0.0209. The molecule has 0 aromatic heterocycles. The number of methoxy groups -OCH3 is 1. The van der Waals surface area contributed by atoms with Gasteiger partial charge in [-0.3, -0.25) is 4.90 Å². The van der Waals surface area contributed by atoms with Crippen LogP contribution < -0.4 is 9.47 Å². The lowest BCUT2D eigenvalue weighted by Gasteiger charge is -2.40. The molecule has 0 aliphatic carbocycles. The number of aliphatic hydroxyl groups is 1. The van der Waals surface area contributed by atoms with Gasteiger partial charge in [0.25, 0.3) is 0 Å². The van der Waals surface area contributed by atoms with E-state index >= 15 is 0 Å². The Kier molecular flexibility index (Phi) is 5.88. The number of benzene rings is 1. The molecular formula is C17H27NO3. The number of piperidine rings is 1. The van der Waals surface area contributed by atoms with E-state index in [9.17, 15) is 5.11 Å². The first-order valence-corrected chi connectivity index (χ1v) is 7.81. The standard InChI is InChI=1S/C17H27NO3/c1-13-5-4-6-14(2)18(13)11-15(19)12-21-17-9-7-16(20-3)8-10-17/h7-10,13-15,19H,4-6,11-12H2,1-3H3/t13-,14-,15+/m1/s1. The molecule has 3 atom stereocenters. The zero-order valence-electron chi connectivity index (χ0n) is 13.3. The second-order valence-corrected chi connectivity index (χ2v) is 5.97. The van der Waals surface area contributed by atoms with Gasteiger partial charge in [-0.2, -0.15) is 0 Å². The maximum absolute atomic E-state index is 10.2. The van der Waals surface area contributed by atoms with Crippen LogP contribution in [0.3, 0.4) is 0 Å². The molecule has 1 fully saturated rings. The first kappa shape index (κ1) is 16.1. The molecular weight excluding hydrogens is 266 g/mol. The summed E-state index contributed by atoms with van der Waals surface area (Å²) in [5.41, 5.74) is 0. The van der Waals surface area contributed by atoms with Crippen molar-refractivity contribution in [1.29, 1.82) is 0 Å². The van der Waals surface area contributed by atoms with Gasteiger partial charge in [-0.15, -0.1) is 0 Å². The van der Waals surface area contributed by atoms with Crippen molar-refractivity contribution in [2.45, 2.75) is 51.3 Å². The molecule has 0 bridgehead atoms. The van der Waals surface area contributed by atoms with Gasteiger partial charge < -0.3 is 14.6 Å². The molecule has 0 radical (unpaired) electrons. The summed E-state index contributed by atoms with van der Waals surface area (Å²) in [7, 11) is 1.64. The van der Waals surface area contributed by atoms with E-state index in [2.05, 4.69) is 18.7 Å². The van der Waals surface area contributed by atoms with Gasteiger partial charge in [0.2, 0.25) is 0 Å². The molecule has 2 rings (SSSR count). The summed E-state index contributed by atoms with van der Waals surface area (Å²) >= 11 is 0. The lowest BCUT2D eigenvalue weighted by Crippen LogP contribution is -2.48. The number of rotatable bonds is 6. The molecule has 1 N–H and O–H groups in total. The fourth-order valence-corrected chi connectivity index (χ4v) is 3.00. The summed E-state index contributed by atoms with van der Waals surface area (Å²) < 4.78 is 10.8. The highest BCUT2D eigenvalue weighted by molar-refractivity contribution is 5.31. The van der Waals surface area contributed by atoms with Crippen molar-refractivity contribution in [3.05, 3.63) is 24.3 Å². The third kappa shape index (κ3) is 4.61. The Morgan fingerprint density at radius 1 is 1.14 bits per heavy atom. The van der Waals surface area contributed by atoms with E-state index in [1.165, 1.54) is 19.3 Å². The van der Waals surface area contributed by atoms with Gasteiger partial charge in [0, 0.05) is 18.6 Å². The topological polar surface area (TPSA) is 41.9 Å². The zero-order valence-corrected chi connectivity index (χ0v) is 13.3.